The van der Waals surface area contributed by atoms with E-state index in [1.165, 1.54) is 10.7 Å². The SMILES string of the molecule is CCOC(=O)c1cnn2c(Cl)c(-c3ccccc3)c(Cl)nc12. The number of halogens is 2. The minimum Gasteiger partial charge on any atom is -0.462 e. The van der Waals surface area contributed by atoms with E-state index in [1.54, 1.807) is 6.92 Å². The third-order valence-electron chi connectivity index (χ3n) is 3.10. The Bertz CT molecular complexity index is 847. The lowest BCUT2D eigenvalue weighted by atomic mass is 10.1. The molecule has 0 saturated carbocycles. The number of carbonyl (C=O) groups is 1. The molecule has 2 aromatic heterocycles. The fraction of sp³-hybridized carbons (Fsp3) is 0.133. The van der Waals surface area contributed by atoms with Crippen LogP contribution in [0.1, 0.15) is 17.3 Å². The van der Waals surface area contributed by atoms with Gasteiger partial charge in [-0.1, -0.05) is 53.5 Å². The van der Waals surface area contributed by atoms with Gasteiger partial charge in [-0.2, -0.15) is 5.10 Å². The number of benzene rings is 1. The van der Waals surface area contributed by atoms with Gasteiger partial charge in [0.25, 0.3) is 0 Å². The zero-order valence-corrected chi connectivity index (χ0v) is 13.1. The van der Waals surface area contributed by atoms with Crippen LogP contribution in [0, 0.1) is 0 Å². The molecular formula is C15H11Cl2N3O2. The maximum Gasteiger partial charge on any atom is 0.343 e. The Morgan fingerprint density at radius 2 is 2.00 bits per heavy atom. The molecule has 0 bridgehead atoms. The van der Waals surface area contributed by atoms with Crippen LogP contribution >= 0.6 is 23.2 Å². The van der Waals surface area contributed by atoms with Gasteiger partial charge in [-0.05, 0) is 12.5 Å². The zero-order valence-electron chi connectivity index (χ0n) is 11.6. The van der Waals surface area contributed by atoms with Crippen LogP contribution in [0.4, 0.5) is 0 Å². The molecule has 0 radical (unpaired) electrons. The maximum atomic E-state index is 11.9. The number of esters is 1. The van der Waals surface area contributed by atoms with E-state index in [9.17, 15) is 4.79 Å². The average molecular weight is 336 g/mol. The number of ether oxygens (including phenoxy) is 1. The molecule has 0 amide bonds. The Balaban J connectivity index is 2.22. The highest BCUT2D eigenvalue weighted by molar-refractivity contribution is 6.38. The molecule has 0 saturated heterocycles. The molecular weight excluding hydrogens is 325 g/mol. The van der Waals surface area contributed by atoms with E-state index >= 15 is 0 Å². The second kappa shape index (κ2) is 5.94. The topological polar surface area (TPSA) is 56.5 Å². The number of carbonyl (C=O) groups excluding carboxylic acids is 1. The van der Waals surface area contributed by atoms with E-state index < -0.39 is 5.97 Å². The van der Waals surface area contributed by atoms with Crippen molar-refractivity contribution in [1.82, 2.24) is 14.6 Å². The van der Waals surface area contributed by atoms with Gasteiger partial charge in [-0.15, -0.1) is 0 Å². The van der Waals surface area contributed by atoms with Crippen molar-refractivity contribution in [1.29, 1.82) is 0 Å². The molecule has 3 aromatic rings. The molecule has 3 rings (SSSR count). The molecule has 0 unspecified atom stereocenters. The predicted molar refractivity (Wildman–Crippen MR) is 84.4 cm³/mol. The normalized spacial score (nSPS) is 10.9. The predicted octanol–water partition coefficient (Wildman–Crippen LogP) is 3.88. The van der Waals surface area contributed by atoms with Crippen molar-refractivity contribution < 1.29 is 9.53 Å². The minimum absolute atomic E-state index is 0.203. The molecule has 0 aliphatic heterocycles. The summed E-state index contributed by atoms with van der Waals surface area (Å²) in [6, 6.07) is 9.38. The van der Waals surface area contributed by atoms with E-state index in [1.807, 2.05) is 30.3 Å². The average Bonchev–Trinajstić information content (AvgIpc) is 2.92. The quantitative estimate of drug-likeness (QED) is 0.538. The summed E-state index contributed by atoms with van der Waals surface area (Å²) in [6.07, 6.45) is 1.37. The highest BCUT2D eigenvalue weighted by Crippen LogP contribution is 2.34. The van der Waals surface area contributed by atoms with E-state index in [-0.39, 0.29) is 28.1 Å². The van der Waals surface area contributed by atoms with Crippen molar-refractivity contribution in [2.45, 2.75) is 6.92 Å². The summed E-state index contributed by atoms with van der Waals surface area (Å²) in [5.41, 5.74) is 1.88. The summed E-state index contributed by atoms with van der Waals surface area (Å²) in [6.45, 7) is 1.99. The minimum atomic E-state index is -0.510. The Kier molecular flexibility index (Phi) is 4.00. The summed E-state index contributed by atoms with van der Waals surface area (Å²) in [5.74, 6) is -0.510. The largest absolute Gasteiger partial charge is 0.462 e. The number of aromatic nitrogens is 3. The zero-order chi connectivity index (χ0) is 15.7. The van der Waals surface area contributed by atoms with Crippen molar-refractivity contribution >= 4 is 34.8 Å². The third kappa shape index (κ3) is 2.42. The van der Waals surface area contributed by atoms with Crippen LogP contribution in [0.5, 0.6) is 0 Å². The Morgan fingerprint density at radius 1 is 1.27 bits per heavy atom. The molecule has 2 heterocycles. The van der Waals surface area contributed by atoms with Gasteiger partial charge in [0.1, 0.15) is 15.9 Å². The van der Waals surface area contributed by atoms with Gasteiger partial charge in [-0.25, -0.2) is 14.3 Å². The Hall–Kier alpha value is -2.11. The molecule has 22 heavy (non-hydrogen) atoms. The van der Waals surface area contributed by atoms with Gasteiger partial charge in [0.2, 0.25) is 0 Å². The lowest BCUT2D eigenvalue weighted by molar-refractivity contribution is 0.0528. The van der Waals surface area contributed by atoms with Crippen molar-refractivity contribution in [3.8, 4) is 11.1 Å². The van der Waals surface area contributed by atoms with Crippen LogP contribution in [0.25, 0.3) is 16.8 Å². The summed E-state index contributed by atoms with van der Waals surface area (Å²) in [7, 11) is 0. The van der Waals surface area contributed by atoms with Crippen LogP contribution in [0.15, 0.2) is 36.5 Å². The standard InChI is InChI=1S/C15H11Cl2N3O2/c1-2-22-15(21)10-8-18-20-13(17)11(12(16)19-14(10)20)9-6-4-3-5-7-9/h3-8H,2H2,1H3. The summed E-state index contributed by atoms with van der Waals surface area (Å²) < 4.78 is 6.35. The molecule has 0 N–H and O–H groups in total. The maximum absolute atomic E-state index is 11.9. The van der Waals surface area contributed by atoms with Crippen LogP contribution in [-0.4, -0.2) is 27.2 Å². The fourth-order valence-electron chi connectivity index (χ4n) is 2.13. The molecule has 0 aliphatic rings. The lowest BCUT2D eigenvalue weighted by Gasteiger charge is -2.08. The van der Waals surface area contributed by atoms with Crippen molar-refractivity contribution in [2.75, 3.05) is 6.61 Å². The number of fused-ring (bicyclic) bond motifs is 1. The number of hydrogen-bond donors (Lipinski definition) is 0. The third-order valence-corrected chi connectivity index (χ3v) is 3.73. The first-order valence-electron chi connectivity index (χ1n) is 6.58. The summed E-state index contributed by atoms with van der Waals surface area (Å²) >= 11 is 12.7. The van der Waals surface area contributed by atoms with E-state index in [4.69, 9.17) is 27.9 Å². The first-order valence-corrected chi connectivity index (χ1v) is 7.34. The highest BCUT2D eigenvalue weighted by Gasteiger charge is 2.21. The smallest absolute Gasteiger partial charge is 0.343 e. The summed E-state index contributed by atoms with van der Waals surface area (Å²) in [5, 5.41) is 4.60. The molecule has 5 nitrogen and oxygen atoms in total. The molecule has 0 atom stereocenters. The number of nitrogens with zero attached hydrogens (tertiary/aromatic N) is 3. The monoisotopic (exact) mass is 335 g/mol. The molecule has 0 aliphatic carbocycles. The van der Waals surface area contributed by atoms with E-state index in [0.29, 0.717) is 5.56 Å². The van der Waals surface area contributed by atoms with Gasteiger partial charge in [-0.3, -0.25) is 0 Å². The molecule has 0 spiro atoms. The van der Waals surface area contributed by atoms with E-state index in [0.717, 1.165) is 5.56 Å². The van der Waals surface area contributed by atoms with Gasteiger partial charge in [0.15, 0.2) is 5.65 Å². The van der Waals surface area contributed by atoms with Gasteiger partial charge < -0.3 is 4.74 Å². The van der Waals surface area contributed by atoms with Gasteiger partial charge in [0, 0.05) is 0 Å². The van der Waals surface area contributed by atoms with Crippen molar-refractivity contribution in [3.63, 3.8) is 0 Å². The first-order chi connectivity index (χ1) is 10.6. The Morgan fingerprint density at radius 3 is 2.68 bits per heavy atom. The lowest BCUT2D eigenvalue weighted by Crippen LogP contribution is -2.05. The van der Waals surface area contributed by atoms with Crippen molar-refractivity contribution in [2.24, 2.45) is 0 Å². The first kappa shape index (κ1) is 14.8. The van der Waals surface area contributed by atoms with Crippen LogP contribution in [0.3, 0.4) is 0 Å². The molecule has 7 heteroatoms. The summed E-state index contributed by atoms with van der Waals surface area (Å²) in [4.78, 5) is 16.2. The second-order valence-corrected chi connectivity index (χ2v) is 5.16. The van der Waals surface area contributed by atoms with Crippen molar-refractivity contribution in [3.05, 3.63) is 52.4 Å². The van der Waals surface area contributed by atoms with Gasteiger partial charge in [0.05, 0.1) is 18.4 Å². The van der Waals surface area contributed by atoms with Crippen LogP contribution < -0.4 is 0 Å². The highest BCUT2D eigenvalue weighted by atomic mass is 35.5. The Labute approximate surface area is 136 Å². The van der Waals surface area contributed by atoms with Gasteiger partial charge >= 0.3 is 5.97 Å². The molecule has 1 aromatic carbocycles. The van der Waals surface area contributed by atoms with E-state index in [2.05, 4.69) is 10.1 Å². The number of rotatable bonds is 3. The molecule has 112 valence electrons. The van der Waals surface area contributed by atoms with Crippen LogP contribution in [-0.2, 0) is 4.74 Å². The molecule has 0 fully saturated rings. The fourth-order valence-corrected chi connectivity index (χ4v) is 2.78. The number of hydrogen-bond acceptors (Lipinski definition) is 4. The van der Waals surface area contributed by atoms with Crippen LogP contribution in [0.2, 0.25) is 10.3 Å². The second-order valence-electron chi connectivity index (χ2n) is 4.45.